The fourth-order valence-corrected chi connectivity index (χ4v) is 1.57. The summed E-state index contributed by atoms with van der Waals surface area (Å²) in [6, 6.07) is 1.96. The Labute approximate surface area is 101 Å². The molecule has 0 amide bonds. The molecule has 0 bridgehead atoms. The van der Waals surface area contributed by atoms with Crippen molar-refractivity contribution in [3.63, 3.8) is 0 Å². The molecule has 0 atom stereocenters. The van der Waals surface area contributed by atoms with Gasteiger partial charge in [0.15, 0.2) is 0 Å². The van der Waals surface area contributed by atoms with Gasteiger partial charge in [-0.05, 0) is 19.1 Å². The molecule has 1 N–H and O–H groups in total. The molecule has 0 aliphatic heterocycles. The van der Waals surface area contributed by atoms with Gasteiger partial charge in [-0.15, -0.1) is 11.8 Å². The minimum absolute atomic E-state index is 0.807. The molecule has 0 unspecified atom stereocenters. The van der Waals surface area contributed by atoms with E-state index in [9.17, 15) is 0 Å². The topological polar surface area (TPSA) is 47.0 Å². The second kappa shape index (κ2) is 8.35. The van der Waals surface area contributed by atoms with Crippen LogP contribution in [0, 0.1) is 0 Å². The number of nitrogens with zero attached hydrogens (tertiary/aromatic N) is 2. The van der Waals surface area contributed by atoms with Gasteiger partial charge < -0.3 is 10.1 Å². The van der Waals surface area contributed by atoms with Crippen LogP contribution in [-0.2, 0) is 4.74 Å². The fourth-order valence-electron chi connectivity index (χ4n) is 1.18. The zero-order chi connectivity index (χ0) is 11.6. The third-order valence-corrected chi connectivity index (χ3v) is 2.61. The van der Waals surface area contributed by atoms with E-state index in [1.165, 1.54) is 0 Å². The minimum atomic E-state index is 0.807. The predicted molar refractivity (Wildman–Crippen MR) is 68.0 cm³/mol. The first-order valence-electron chi connectivity index (χ1n) is 5.54. The van der Waals surface area contributed by atoms with Gasteiger partial charge in [0.1, 0.15) is 17.2 Å². The third-order valence-electron chi connectivity index (χ3n) is 1.97. The van der Waals surface area contributed by atoms with Crippen LogP contribution in [0.4, 0.5) is 5.82 Å². The Morgan fingerprint density at radius 3 is 3.00 bits per heavy atom. The number of hydrogen-bond donors (Lipinski definition) is 1. The number of nitrogens with one attached hydrogen (secondary N) is 1. The highest BCUT2D eigenvalue weighted by Gasteiger charge is 1.96. The first-order chi connectivity index (χ1) is 7.86. The van der Waals surface area contributed by atoms with E-state index >= 15 is 0 Å². The van der Waals surface area contributed by atoms with Crippen molar-refractivity contribution >= 4 is 17.6 Å². The van der Waals surface area contributed by atoms with Crippen LogP contribution in [0.25, 0.3) is 0 Å². The third kappa shape index (κ3) is 5.32. The first kappa shape index (κ1) is 13.3. The predicted octanol–water partition coefficient (Wildman–Crippen LogP) is 2.43. The van der Waals surface area contributed by atoms with Gasteiger partial charge in [0.25, 0.3) is 0 Å². The van der Waals surface area contributed by atoms with Crippen molar-refractivity contribution in [1.29, 1.82) is 0 Å². The lowest BCUT2D eigenvalue weighted by Crippen LogP contribution is -2.07. The minimum Gasteiger partial charge on any atom is -0.381 e. The van der Waals surface area contributed by atoms with Crippen LogP contribution in [0.1, 0.15) is 19.8 Å². The summed E-state index contributed by atoms with van der Waals surface area (Å²) in [5.74, 6) is 0.884. The van der Waals surface area contributed by atoms with Gasteiger partial charge >= 0.3 is 0 Å². The number of anilines is 1. The van der Waals surface area contributed by atoms with E-state index in [4.69, 9.17) is 4.74 Å². The van der Waals surface area contributed by atoms with Crippen molar-refractivity contribution in [2.45, 2.75) is 24.8 Å². The van der Waals surface area contributed by atoms with Crippen molar-refractivity contribution in [2.24, 2.45) is 0 Å². The van der Waals surface area contributed by atoms with Gasteiger partial charge in [-0.3, -0.25) is 0 Å². The lowest BCUT2D eigenvalue weighted by molar-refractivity contribution is 0.134. The summed E-state index contributed by atoms with van der Waals surface area (Å²) in [5, 5.41) is 4.24. The Hall–Kier alpha value is -0.810. The summed E-state index contributed by atoms with van der Waals surface area (Å²) in [6.45, 7) is 4.66. The number of ether oxygens (including phenoxy) is 1. The van der Waals surface area contributed by atoms with Gasteiger partial charge in [-0.25, -0.2) is 9.97 Å². The molecule has 0 saturated heterocycles. The van der Waals surface area contributed by atoms with Crippen molar-refractivity contribution < 1.29 is 4.74 Å². The van der Waals surface area contributed by atoms with E-state index < -0.39 is 0 Å². The molecule has 1 aromatic heterocycles. The molecular weight excluding hydrogens is 222 g/mol. The van der Waals surface area contributed by atoms with E-state index in [0.717, 1.165) is 43.4 Å². The van der Waals surface area contributed by atoms with Gasteiger partial charge in [-0.1, -0.05) is 6.92 Å². The van der Waals surface area contributed by atoms with Crippen LogP contribution in [0.2, 0.25) is 0 Å². The first-order valence-corrected chi connectivity index (χ1v) is 6.77. The highest BCUT2D eigenvalue weighted by molar-refractivity contribution is 7.98. The van der Waals surface area contributed by atoms with Crippen LogP contribution >= 0.6 is 11.8 Å². The average Bonchev–Trinajstić information content (AvgIpc) is 2.34. The standard InChI is InChI=1S/C11H19N3OS/c1-3-6-15-7-4-5-12-10-8-11(16-2)14-9-13-10/h8-9H,3-7H2,1-2H3,(H,12,13,14). The maximum absolute atomic E-state index is 5.39. The lowest BCUT2D eigenvalue weighted by atomic mass is 10.4. The van der Waals surface area contributed by atoms with Gasteiger partial charge in [0.05, 0.1) is 0 Å². The highest BCUT2D eigenvalue weighted by atomic mass is 32.2. The van der Waals surface area contributed by atoms with Crippen LogP contribution in [0.3, 0.4) is 0 Å². The van der Waals surface area contributed by atoms with Crippen LogP contribution < -0.4 is 5.32 Å². The summed E-state index contributed by atoms with van der Waals surface area (Å²) in [6.07, 6.45) is 5.67. The molecule has 16 heavy (non-hydrogen) atoms. The highest BCUT2D eigenvalue weighted by Crippen LogP contribution is 2.13. The average molecular weight is 241 g/mol. The molecule has 1 aromatic rings. The molecule has 90 valence electrons. The lowest BCUT2D eigenvalue weighted by Gasteiger charge is -2.06. The number of thioether (sulfide) groups is 1. The fraction of sp³-hybridized carbons (Fsp3) is 0.636. The van der Waals surface area contributed by atoms with Gasteiger partial charge in [-0.2, -0.15) is 0 Å². The molecule has 0 radical (unpaired) electrons. The quantitative estimate of drug-likeness (QED) is 0.430. The second-order valence-corrected chi connectivity index (χ2v) is 4.16. The Balaban J connectivity index is 2.16. The van der Waals surface area contributed by atoms with E-state index in [0.29, 0.717) is 0 Å². The second-order valence-electron chi connectivity index (χ2n) is 3.34. The smallest absolute Gasteiger partial charge is 0.130 e. The Kier molecular flexibility index (Phi) is 6.92. The Bertz CT molecular complexity index is 296. The van der Waals surface area contributed by atoms with Crippen molar-refractivity contribution in [2.75, 3.05) is 31.3 Å². The summed E-state index contributed by atoms with van der Waals surface area (Å²) in [5.41, 5.74) is 0. The molecule has 0 fully saturated rings. The molecular formula is C11H19N3OS. The summed E-state index contributed by atoms with van der Waals surface area (Å²) < 4.78 is 5.39. The van der Waals surface area contributed by atoms with Gasteiger partial charge in [0, 0.05) is 25.8 Å². The van der Waals surface area contributed by atoms with E-state index in [1.807, 2.05) is 12.3 Å². The maximum atomic E-state index is 5.39. The molecule has 0 aromatic carbocycles. The summed E-state index contributed by atoms with van der Waals surface area (Å²) in [4.78, 5) is 8.26. The van der Waals surface area contributed by atoms with E-state index in [-0.39, 0.29) is 0 Å². The molecule has 1 rings (SSSR count). The van der Waals surface area contributed by atoms with Crippen LogP contribution in [0.15, 0.2) is 17.4 Å². The van der Waals surface area contributed by atoms with Crippen LogP contribution in [-0.4, -0.2) is 36.0 Å². The maximum Gasteiger partial charge on any atom is 0.130 e. The zero-order valence-electron chi connectivity index (χ0n) is 9.90. The number of hydrogen-bond acceptors (Lipinski definition) is 5. The number of rotatable bonds is 8. The Morgan fingerprint density at radius 2 is 2.25 bits per heavy atom. The van der Waals surface area contributed by atoms with Crippen LogP contribution in [0.5, 0.6) is 0 Å². The van der Waals surface area contributed by atoms with E-state index in [1.54, 1.807) is 18.1 Å². The molecule has 0 saturated carbocycles. The largest absolute Gasteiger partial charge is 0.381 e. The van der Waals surface area contributed by atoms with Crippen molar-refractivity contribution in [3.8, 4) is 0 Å². The Morgan fingerprint density at radius 1 is 1.38 bits per heavy atom. The summed E-state index contributed by atoms with van der Waals surface area (Å²) >= 11 is 1.62. The SMILES string of the molecule is CCCOCCCNc1cc(SC)ncn1. The monoisotopic (exact) mass is 241 g/mol. The molecule has 0 aliphatic carbocycles. The number of aromatic nitrogens is 2. The molecule has 0 aliphatic rings. The molecule has 5 heteroatoms. The molecule has 0 spiro atoms. The van der Waals surface area contributed by atoms with Crippen molar-refractivity contribution in [1.82, 2.24) is 9.97 Å². The zero-order valence-corrected chi connectivity index (χ0v) is 10.7. The molecule has 4 nitrogen and oxygen atoms in total. The van der Waals surface area contributed by atoms with Gasteiger partial charge in [0.2, 0.25) is 0 Å². The van der Waals surface area contributed by atoms with E-state index in [2.05, 4.69) is 22.2 Å². The molecule has 1 heterocycles. The van der Waals surface area contributed by atoms with Crippen molar-refractivity contribution in [3.05, 3.63) is 12.4 Å². The summed E-state index contributed by atoms with van der Waals surface area (Å²) in [7, 11) is 0. The normalized spacial score (nSPS) is 10.4.